The molecule has 0 aromatic heterocycles. The van der Waals surface area contributed by atoms with Crippen molar-refractivity contribution in [3.63, 3.8) is 0 Å². The summed E-state index contributed by atoms with van der Waals surface area (Å²) in [5, 5.41) is 9.20. The zero-order valence-corrected chi connectivity index (χ0v) is 13.7. The van der Waals surface area contributed by atoms with Crippen LogP contribution in [-0.4, -0.2) is 48.7 Å². The van der Waals surface area contributed by atoms with E-state index in [9.17, 15) is 14.7 Å². The molecular weight excluding hydrogens is 298 g/mol. The highest BCUT2D eigenvalue weighted by Crippen LogP contribution is 2.30. The highest BCUT2D eigenvalue weighted by atomic mass is 16.5. The number of carbonyl (C=O) groups is 2. The van der Waals surface area contributed by atoms with E-state index in [1.807, 2.05) is 6.92 Å². The zero-order valence-electron chi connectivity index (χ0n) is 13.7. The molecule has 1 amide bonds. The lowest BCUT2D eigenvalue weighted by atomic mass is 9.93. The number of hydrogen-bond donors (Lipinski definition) is 1. The van der Waals surface area contributed by atoms with E-state index in [4.69, 9.17) is 9.47 Å². The number of benzene rings is 1. The van der Waals surface area contributed by atoms with Crippen molar-refractivity contribution in [1.29, 1.82) is 0 Å². The van der Waals surface area contributed by atoms with Gasteiger partial charge in [0.05, 0.1) is 26.6 Å². The van der Waals surface area contributed by atoms with Crippen LogP contribution >= 0.6 is 0 Å². The van der Waals surface area contributed by atoms with Crippen LogP contribution in [-0.2, 0) is 16.0 Å². The molecule has 0 aliphatic carbocycles. The number of piperidine rings is 1. The van der Waals surface area contributed by atoms with Gasteiger partial charge in [-0.15, -0.1) is 0 Å². The van der Waals surface area contributed by atoms with Crippen molar-refractivity contribution in [2.45, 2.75) is 32.2 Å². The Labute approximate surface area is 136 Å². The minimum absolute atomic E-state index is 0.0406. The topological polar surface area (TPSA) is 76.1 Å². The van der Waals surface area contributed by atoms with Gasteiger partial charge in [0.1, 0.15) is 11.5 Å². The third-order valence-corrected chi connectivity index (χ3v) is 4.41. The average molecular weight is 321 g/mol. The lowest BCUT2D eigenvalue weighted by molar-refractivity contribution is -0.147. The molecule has 1 fully saturated rings. The predicted molar refractivity (Wildman–Crippen MR) is 84.8 cm³/mol. The van der Waals surface area contributed by atoms with Crippen molar-refractivity contribution in [2.24, 2.45) is 5.92 Å². The summed E-state index contributed by atoms with van der Waals surface area (Å²) in [6.07, 6.45) is 1.44. The lowest BCUT2D eigenvalue weighted by Gasteiger charge is -2.36. The second kappa shape index (κ2) is 7.35. The Morgan fingerprint density at radius 3 is 2.35 bits per heavy atom. The summed E-state index contributed by atoms with van der Waals surface area (Å²) in [7, 11) is 3.10. The number of carboxylic acids is 1. The van der Waals surface area contributed by atoms with E-state index in [1.165, 1.54) is 0 Å². The van der Waals surface area contributed by atoms with Crippen molar-refractivity contribution in [3.05, 3.63) is 23.8 Å². The van der Waals surface area contributed by atoms with Crippen LogP contribution in [0.3, 0.4) is 0 Å². The fourth-order valence-electron chi connectivity index (χ4n) is 3.01. The molecule has 2 atom stereocenters. The van der Waals surface area contributed by atoms with E-state index < -0.39 is 11.9 Å². The van der Waals surface area contributed by atoms with Crippen molar-refractivity contribution >= 4 is 11.9 Å². The summed E-state index contributed by atoms with van der Waals surface area (Å²) >= 11 is 0. The number of rotatable bonds is 5. The molecule has 0 saturated carbocycles. The highest BCUT2D eigenvalue weighted by molar-refractivity contribution is 5.82. The Kier molecular flexibility index (Phi) is 5.47. The summed E-state index contributed by atoms with van der Waals surface area (Å²) in [4.78, 5) is 25.6. The molecule has 2 unspecified atom stereocenters. The van der Waals surface area contributed by atoms with Crippen molar-refractivity contribution in [3.8, 4) is 11.5 Å². The summed E-state index contributed by atoms with van der Waals surface area (Å²) in [5.41, 5.74) is 0.687. The van der Waals surface area contributed by atoms with E-state index >= 15 is 0 Å². The molecule has 0 spiro atoms. The highest BCUT2D eigenvalue weighted by Gasteiger charge is 2.33. The Balaban J connectivity index is 2.19. The van der Waals surface area contributed by atoms with Gasteiger partial charge in [0.25, 0.3) is 0 Å². The fourth-order valence-corrected chi connectivity index (χ4v) is 3.01. The first-order valence-electron chi connectivity index (χ1n) is 7.70. The first-order chi connectivity index (χ1) is 11.0. The zero-order chi connectivity index (χ0) is 17.0. The van der Waals surface area contributed by atoms with E-state index in [0.29, 0.717) is 29.9 Å². The van der Waals surface area contributed by atoms with E-state index in [1.54, 1.807) is 37.3 Å². The average Bonchev–Trinajstić information content (AvgIpc) is 2.55. The molecule has 1 aliphatic heterocycles. The molecule has 23 heavy (non-hydrogen) atoms. The van der Waals surface area contributed by atoms with Gasteiger partial charge in [0.15, 0.2) is 0 Å². The van der Waals surface area contributed by atoms with Crippen LogP contribution in [0.2, 0.25) is 0 Å². The Morgan fingerprint density at radius 2 is 1.83 bits per heavy atom. The van der Waals surface area contributed by atoms with Crippen LogP contribution in [0.5, 0.6) is 11.5 Å². The quantitative estimate of drug-likeness (QED) is 0.897. The Bertz CT molecular complexity index is 564. The molecule has 1 saturated heterocycles. The summed E-state index contributed by atoms with van der Waals surface area (Å²) < 4.78 is 10.6. The van der Waals surface area contributed by atoms with Crippen molar-refractivity contribution in [2.75, 3.05) is 20.8 Å². The molecule has 1 aromatic rings. The minimum atomic E-state index is -0.843. The Hall–Kier alpha value is -2.24. The molecule has 0 radical (unpaired) electrons. The van der Waals surface area contributed by atoms with E-state index in [0.717, 1.165) is 0 Å². The summed E-state index contributed by atoms with van der Waals surface area (Å²) in [6.45, 7) is 2.21. The minimum Gasteiger partial charge on any atom is -0.496 e. The van der Waals surface area contributed by atoms with Gasteiger partial charge in [-0.25, -0.2) is 0 Å². The number of ether oxygens (including phenoxy) is 2. The van der Waals surface area contributed by atoms with Crippen LogP contribution in [0.1, 0.15) is 25.3 Å². The molecule has 1 aromatic carbocycles. The normalized spacial score (nSPS) is 20.9. The van der Waals surface area contributed by atoms with E-state index in [2.05, 4.69) is 0 Å². The lowest BCUT2D eigenvalue weighted by Crippen LogP contribution is -2.48. The molecule has 1 aliphatic rings. The number of aliphatic carboxylic acids is 1. The molecule has 6 nitrogen and oxygen atoms in total. The number of likely N-dealkylation sites (tertiary alicyclic amines) is 1. The first-order valence-corrected chi connectivity index (χ1v) is 7.70. The molecule has 0 bridgehead atoms. The molecule has 6 heteroatoms. The Morgan fingerprint density at radius 1 is 1.22 bits per heavy atom. The largest absolute Gasteiger partial charge is 0.496 e. The summed E-state index contributed by atoms with van der Waals surface area (Å²) in [5.74, 6) is -0.250. The number of carboxylic acid groups (broad SMARTS) is 1. The van der Waals surface area contributed by atoms with Gasteiger partial charge >= 0.3 is 5.97 Å². The van der Waals surface area contributed by atoms with E-state index in [-0.39, 0.29) is 24.9 Å². The standard InChI is InChI=1S/C17H23NO5/c1-11-7-8-12(17(20)21)10-18(11)16(19)9-13-14(22-2)5-4-6-15(13)23-3/h4-6,11-12H,7-10H2,1-3H3,(H,20,21). The van der Waals surface area contributed by atoms with Gasteiger partial charge in [-0.05, 0) is 31.9 Å². The van der Waals surface area contributed by atoms with Gasteiger partial charge in [0.2, 0.25) is 5.91 Å². The van der Waals surface area contributed by atoms with Gasteiger partial charge in [0, 0.05) is 18.2 Å². The van der Waals surface area contributed by atoms with Gasteiger partial charge in [-0.3, -0.25) is 9.59 Å². The second-order valence-electron chi connectivity index (χ2n) is 5.83. The maximum Gasteiger partial charge on any atom is 0.308 e. The molecular formula is C17H23NO5. The predicted octanol–water partition coefficient (Wildman–Crippen LogP) is 1.96. The maximum absolute atomic E-state index is 12.7. The van der Waals surface area contributed by atoms with Crippen molar-refractivity contribution < 1.29 is 24.2 Å². The monoisotopic (exact) mass is 321 g/mol. The third kappa shape index (κ3) is 3.75. The van der Waals surface area contributed by atoms with Crippen molar-refractivity contribution in [1.82, 2.24) is 4.90 Å². The molecule has 1 N–H and O–H groups in total. The number of nitrogens with zero attached hydrogens (tertiary/aromatic N) is 1. The SMILES string of the molecule is COc1cccc(OC)c1CC(=O)N1CC(C(=O)O)CCC1C. The number of methoxy groups -OCH3 is 2. The smallest absolute Gasteiger partial charge is 0.308 e. The number of hydrogen-bond acceptors (Lipinski definition) is 4. The summed E-state index contributed by atoms with van der Waals surface area (Å²) in [6, 6.07) is 5.41. The van der Waals surface area contributed by atoms with Crippen LogP contribution < -0.4 is 9.47 Å². The van der Waals surface area contributed by atoms with Gasteiger partial charge < -0.3 is 19.5 Å². The molecule has 1 heterocycles. The first kappa shape index (κ1) is 17.1. The molecule has 126 valence electrons. The number of carbonyl (C=O) groups excluding carboxylic acids is 1. The van der Waals surface area contributed by atoms with Crippen LogP contribution in [0, 0.1) is 5.92 Å². The van der Waals surface area contributed by atoms with Gasteiger partial charge in [-0.2, -0.15) is 0 Å². The third-order valence-electron chi connectivity index (χ3n) is 4.41. The fraction of sp³-hybridized carbons (Fsp3) is 0.529. The van der Waals surface area contributed by atoms with Crippen LogP contribution in [0.25, 0.3) is 0 Å². The van der Waals surface area contributed by atoms with Crippen LogP contribution in [0.4, 0.5) is 0 Å². The molecule has 2 rings (SSSR count). The maximum atomic E-state index is 12.7. The number of amides is 1. The van der Waals surface area contributed by atoms with Gasteiger partial charge in [-0.1, -0.05) is 6.07 Å². The van der Waals surface area contributed by atoms with Crippen LogP contribution in [0.15, 0.2) is 18.2 Å². The second-order valence-corrected chi connectivity index (χ2v) is 5.83.